The highest BCUT2D eigenvalue weighted by Gasteiger charge is 2.15. The Morgan fingerprint density at radius 3 is 2.19 bits per heavy atom. The van der Waals surface area contributed by atoms with E-state index in [0.29, 0.717) is 25.5 Å². The van der Waals surface area contributed by atoms with Gasteiger partial charge in [0.05, 0.1) is 17.6 Å². The van der Waals surface area contributed by atoms with Crippen LogP contribution in [0.15, 0.2) is 0 Å². The second kappa shape index (κ2) is 8.03. The maximum absolute atomic E-state index is 11.7. The zero-order valence-corrected chi connectivity index (χ0v) is 11.4. The summed E-state index contributed by atoms with van der Waals surface area (Å²) < 4.78 is 28.6. The van der Waals surface area contributed by atoms with Gasteiger partial charge in [0.2, 0.25) is 0 Å². The highest BCUT2D eigenvalue weighted by atomic mass is 32.2. The molecule has 0 aromatic carbocycles. The summed E-state index contributed by atoms with van der Waals surface area (Å²) in [5.41, 5.74) is 5.49. The molecular weight excluding hydrogens is 226 g/mol. The molecule has 0 saturated heterocycles. The molecule has 0 aliphatic heterocycles. The van der Waals surface area contributed by atoms with Crippen molar-refractivity contribution in [3.63, 3.8) is 0 Å². The van der Waals surface area contributed by atoms with Crippen molar-refractivity contribution in [2.24, 2.45) is 11.7 Å². The van der Waals surface area contributed by atoms with Gasteiger partial charge < -0.3 is 10.5 Å². The van der Waals surface area contributed by atoms with Crippen molar-refractivity contribution < 1.29 is 13.2 Å². The first-order valence-electron chi connectivity index (χ1n) is 5.93. The highest BCUT2D eigenvalue weighted by Crippen LogP contribution is 2.07. The molecular formula is C11H25NO3S. The van der Waals surface area contributed by atoms with E-state index in [1.807, 2.05) is 20.8 Å². The number of rotatable bonds is 9. The number of hydrogen-bond donors (Lipinski definition) is 1. The van der Waals surface area contributed by atoms with Crippen LogP contribution in [0.4, 0.5) is 0 Å². The lowest BCUT2D eigenvalue weighted by Gasteiger charge is -2.14. The third-order valence-corrected chi connectivity index (χ3v) is 4.14. The molecule has 16 heavy (non-hydrogen) atoms. The smallest absolute Gasteiger partial charge is 0.150 e. The summed E-state index contributed by atoms with van der Waals surface area (Å²) >= 11 is 0. The van der Waals surface area contributed by atoms with Gasteiger partial charge in [0.15, 0.2) is 0 Å². The topological polar surface area (TPSA) is 69.4 Å². The Bertz CT molecular complexity index is 262. The van der Waals surface area contributed by atoms with Gasteiger partial charge in [-0.1, -0.05) is 13.8 Å². The van der Waals surface area contributed by atoms with Crippen molar-refractivity contribution in [2.45, 2.75) is 39.7 Å². The maximum atomic E-state index is 11.7. The van der Waals surface area contributed by atoms with E-state index in [4.69, 9.17) is 10.5 Å². The average Bonchev–Trinajstić information content (AvgIpc) is 2.21. The van der Waals surface area contributed by atoms with E-state index in [-0.39, 0.29) is 17.6 Å². The van der Waals surface area contributed by atoms with Crippen LogP contribution in [0.1, 0.15) is 33.6 Å². The molecule has 98 valence electrons. The third kappa shape index (κ3) is 8.07. The molecule has 0 amide bonds. The van der Waals surface area contributed by atoms with Crippen LogP contribution < -0.4 is 5.73 Å². The maximum Gasteiger partial charge on any atom is 0.150 e. The van der Waals surface area contributed by atoms with Crippen LogP contribution in [0, 0.1) is 5.92 Å². The molecule has 0 radical (unpaired) electrons. The van der Waals surface area contributed by atoms with Gasteiger partial charge in [-0.25, -0.2) is 8.42 Å². The number of ether oxygens (including phenoxy) is 1. The Kier molecular flexibility index (Phi) is 7.97. The standard InChI is InChI=1S/C11H25NO3S/c1-4-15-11(9-12)6-8-16(13,14)7-5-10(2)3/h10-11H,4-9,12H2,1-3H3. The highest BCUT2D eigenvalue weighted by molar-refractivity contribution is 7.91. The fraction of sp³-hybridized carbons (Fsp3) is 1.00. The third-order valence-electron chi connectivity index (χ3n) is 2.42. The molecule has 0 bridgehead atoms. The van der Waals surface area contributed by atoms with Gasteiger partial charge in [0.25, 0.3) is 0 Å². The molecule has 1 unspecified atom stereocenters. The molecule has 4 nitrogen and oxygen atoms in total. The quantitative estimate of drug-likeness (QED) is 0.668. The zero-order valence-electron chi connectivity index (χ0n) is 10.6. The number of sulfone groups is 1. The Morgan fingerprint density at radius 2 is 1.75 bits per heavy atom. The Labute approximate surface area is 99.5 Å². The summed E-state index contributed by atoms with van der Waals surface area (Å²) in [4.78, 5) is 0. The molecule has 0 heterocycles. The van der Waals surface area contributed by atoms with Crippen molar-refractivity contribution in [2.75, 3.05) is 24.7 Å². The van der Waals surface area contributed by atoms with Gasteiger partial charge in [-0.2, -0.15) is 0 Å². The largest absolute Gasteiger partial charge is 0.377 e. The lowest BCUT2D eigenvalue weighted by Crippen LogP contribution is -2.27. The predicted molar refractivity (Wildman–Crippen MR) is 67.2 cm³/mol. The van der Waals surface area contributed by atoms with Crippen molar-refractivity contribution >= 4 is 9.84 Å². The van der Waals surface area contributed by atoms with Crippen molar-refractivity contribution in [3.05, 3.63) is 0 Å². The van der Waals surface area contributed by atoms with Crippen LogP contribution in [-0.2, 0) is 14.6 Å². The molecule has 0 saturated carbocycles. The van der Waals surface area contributed by atoms with Crippen molar-refractivity contribution in [1.29, 1.82) is 0 Å². The molecule has 0 aromatic rings. The monoisotopic (exact) mass is 251 g/mol. The van der Waals surface area contributed by atoms with Crippen LogP contribution in [0.2, 0.25) is 0 Å². The first-order valence-corrected chi connectivity index (χ1v) is 7.75. The molecule has 0 aliphatic rings. The van der Waals surface area contributed by atoms with E-state index in [2.05, 4.69) is 0 Å². The van der Waals surface area contributed by atoms with Gasteiger partial charge in [0.1, 0.15) is 9.84 Å². The van der Waals surface area contributed by atoms with Crippen LogP contribution in [0.25, 0.3) is 0 Å². The minimum Gasteiger partial charge on any atom is -0.377 e. The Hall–Kier alpha value is -0.130. The average molecular weight is 251 g/mol. The van der Waals surface area contributed by atoms with E-state index in [1.165, 1.54) is 0 Å². The van der Waals surface area contributed by atoms with Gasteiger partial charge in [-0.3, -0.25) is 0 Å². The van der Waals surface area contributed by atoms with Crippen molar-refractivity contribution in [3.8, 4) is 0 Å². The van der Waals surface area contributed by atoms with Gasteiger partial charge in [0, 0.05) is 13.2 Å². The minimum atomic E-state index is -2.94. The number of hydrogen-bond acceptors (Lipinski definition) is 4. The van der Waals surface area contributed by atoms with E-state index >= 15 is 0 Å². The molecule has 0 spiro atoms. The van der Waals surface area contributed by atoms with Crippen LogP contribution in [-0.4, -0.2) is 39.2 Å². The molecule has 1 atom stereocenters. The lowest BCUT2D eigenvalue weighted by molar-refractivity contribution is 0.0671. The molecule has 0 fully saturated rings. The van der Waals surface area contributed by atoms with Crippen LogP contribution >= 0.6 is 0 Å². The van der Waals surface area contributed by atoms with Crippen LogP contribution in [0.3, 0.4) is 0 Å². The SMILES string of the molecule is CCOC(CN)CCS(=O)(=O)CCC(C)C. The normalized spacial score (nSPS) is 14.3. The van der Waals surface area contributed by atoms with Crippen LogP contribution in [0.5, 0.6) is 0 Å². The van der Waals surface area contributed by atoms with E-state index in [0.717, 1.165) is 6.42 Å². The summed E-state index contributed by atoms with van der Waals surface area (Å²) in [6.45, 7) is 6.90. The Balaban J connectivity index is 3.97. The first kappa shape index (κ1) is 15.9. The van der Waals surface area contributed by atoms with Crippen molar-refractivity contribution in [1.82, 2.24) is 0 Å². The minimum absolute atomic E-state index is 0.126. The lowest BCUT2D eigenvalue weighted by atomic mass is 10.2. The van der Waals surface area contributed by atoms with Gasteiger partial charge in [-0.05, 0) is 25.7 Å². The summed E-state index contributed by atoms with van der Waals surface area (Å²) in [6.07, 6.45) is 1.11. The first-order chi connectivity index (χ1) is 7.41. The fourth-order valence-corrected chi connectivity index (χ4v) is 2.99. The molecule has 2 N–H and O–H groups in total. The molecule has 5 heteroatoms. The summed E-state index contributed by atoms with van der Waals surface area (Å²) in [6, 6.07) is 0. The summed E-state index contributed by atoms with van der Waals surface area (Å²) in [5, 5.41) is 0. The zero-order chi connectivity index (χ0) is 12.6. The summed E-state index contributed by atoms with van der Waals surface area (Å²) in [7, 11) is -2.94. The van der Waals surface area contributed by atoms with E-state index in [9.17, 15) is 8.42 Å². The van der Waals surface area contributed by atoms with E-state index < -0.39 is 9.84 Å². The predicted octanol–water partition coefficient (Wildman–Crippen LogP) is 1.20. The summed E-state index contributed by atoms with van der Waals surface area (Å²) in [5.74, 6) is 0.877. The molecule has 0 aliphatic carbocycles. The number of nitrogens with two attached hydrogens (primary N) is 1. The fourth-order valence-electron chi connectivity index (χ4n) is 1.33. The second-order valence-corrected chi connectivity index (χ2v) is 6.74. The second-order valence-electron chi connectivity index (χ2n) is 4.44. The van der Waals surface area contributed by atoms with Gasteiger partial charge in [-0.15, -0.1) is 0 Å². The Morgan fingerprint density at radius 1 is 1.19 bits per heavy atom. The van der Waals surface area contributed by atoms with Gasteiger partial charge >= 0.3 is 0 Å². The molecule has 0 rings (SSSR count). The van der Waals surface area contributed by atoms with E-state index in [1.54, 1.807) is 0 Å². The molecule has 0 aromatic heterocycles.